The maximum absolute atomic E-state index is 8.27. The largest absolute Gasteiger partial charge is 1.00 e. The molecular formula is C7H4Cl2LiNZn. The van der Waals surface area contributed by atoms with Gasteiger partial charge in [0.05, 0.1) is 6.07 Å². The van der Waals surface area contributed by atoms with Gasteiger partial charge in [-0.25, -0.2) is 0 Å². The van der Waals surface area contributed by atoms with Gasteiger partial charge >= 0.3 is 45.9 Å². The molecule has 5 heteroatoms. The quantitative estimate of drug-likeness (QED) is 0.338. The van der Waals surface area contributed by atoms with E-state index in [1.807, 2.05) is 6.07 Å². The van der Waals surface area contributed by atoms with E-state index in [-0.39, 0.29) is 31.3 Å². The standard InChI is InChI=1S/C7H4N.2ClH.Li.Zn/c8-6-7-4-2-1-3-5-7;;;;/h2-5H;2*1H;;/q-1;;;+1;+2/p-2. The molecule has 0 heterocycles. The molecule has 0 amide bonds. The normalized spacial score (nSPS) is 5.83. The molecule has 0 aromatic heterocycles. The first-order valence-electron chi connectivity index (χ1n) is 2.56. The molecule has 0 spiro atoms. The van der Waals surface area contributed by atoms with Crippen LogP contribution in [-0.2, 0) is 17.3 Å². The first kappa shape index (κ1) is 18.3. The van der Waals surface area contributed by atoms with Crippen molar-refractivity contribution in [1.29, 1.82) is 5.26 Å². The summed E-state index contributed by atoms with van der Waals surface area (Å²) in [5.41, 5.74) is 0.684. The molecule has 1 rings (SSSR count). The zero-order valence-corrected chi connectivity index (χ0v) is 11.2. The molecule has 0 N–H and O–H groups in total. The van der Waals surface area contributed by atoms with Gasteiger partial charge in [0.1, 0.15) is 0 Å². The Hall–Kier alpha value is 0.511. The molecule has 0 saturated carbocycles. The monoisotopic (exact) mass is 243 g/mol. The molecule has 1 aromatic carbocycles. The fourth-order valence-corrected chi connectivity index (χ4v) is 0.461. The van der Waals surface area contributed by atoms with Crippen LogP contribution in [0.1, 0.15) is 5.56 Å². The fraction of sp³-hybridized carbons (Fsp3) is 0. The van der Waals surface area contributed by atoms with Gasteiger partial charge in [0.25, 0.3) is 0 Å². The van der Waals surface area contributed by atoms with Crippen LogP contribution >= 0.6 is 9.69 Å². The van der Waals surface area contributed by atoms with E-state index >= 15 is 0 Å². The van der Waals surface area contributed by atoms with E-state index in [2.05, 4.69) is 6.07 Å². The summed E-state index contributed by atoms with van der Waals surface area (Å²) in [4.78, 5) is 0. The zero-order chi connectivity index (χ0) is 7.82. The van der Waals surface area contributed by atoms with Gasteiger partial charge in [-0.1, -0.05) is 5.56 Å². The van der Waals surface area contributed by atoms with Gasteiger partial charge in [0.2, 0.25) is 0 Å². The average molecular weight is 245 g/mol. The van der Waals surface area contributed by atoms with Crippen molar-refractivity contribution in [1.82, 2.24) is 0 Å². The Kier molecular flexibility index (Phi) is 21.5. The Labute approximate surface area is 105 Å². The summed E-state index contributed by atoms with van der Waals surface area (Å²) in [5, 5.41) is 8.27. The van der Waals surface area contributed by atoms with E-state index in [4.69, 9.17) is 15.0 Å². The second-order valence-corrected chi connectivity index (χ2v) is 1.40. The second-order valence-electron chi connectivity index (χ2n) is 1.40. The van der Waals surface area contributed by atoms with E-state index < -0.39 is 0 Å². The van der Waals surface area contributed by atoms with Crippen molar-refractivity contribution in [3.8, 4) is 6.07 Å². The van der Waals surface area contributed by atoms with Gasteiger partial charge in [-0.3, -0.25) is 0 Å². The van der Waals surface area contributed by atoms with Crippen LogP contribution in [0.15, 0.2) is 24.3 Å². The Morgan fingerprint density at radius 3 is 2.00 bits per heavy atom. The number of nitrogens with zero attached hydrogens (tertiary/aromatic N) is 1. The van der Waals surface area contributed by atoms with Crippen molar-refractivity contribution in [3.05, 3.63) is 35.9 Å². The molecule has 0 aliphatic carbocycles. The third-order valence-corrected chi connectivity index (χ3v) is 0.847. The molecule has 0 saturated heterocycles. The van der Waals surface area contributed by atoms with Crippen LogP contribution in [0.4, 0.5) is 0 Å². The van der Waals surface area contributed by atoms with Crippen molar-refractivity contribution in [2.24, 2.45) is 0 Å². The Balaban J connectivity index is -0.000000189. The van der Waals surface area contributed by atoms with Gasteiger partial charge in [-0.05, 0) is 0 Å². The van der Waals surface area contributed by atoms with Crippen molar-refractivity contribution < 1.29 is 48.6 Å². The predicted octanol–water partition coefficient (Wildman–Crippen LogP) is -3.95. The molecule has 12 heavy (non-hydrogen) atoms. The van der Waals surface area contributed by atoms with E-state index in [0.717, 1.165) is 17.3 Å². The number of hydrogen-bond acceptors (Lipinski definition) is 1. The van der Waals surface area contributed by atoms with Crippen LogP contribution < -0.4 is 31.3 Å². The number of nitriles is 1. The van der Waals surface area contributed by atoms with Crippen LogP contribution in [0.25, 0.3) is 0 Å². The average Bonchev–Trinajstić information content (AvgIpc) is 2.10. The van der Waals surface area contributed by atoms with Gasteiger partial charge in [-0.2, -0.15) is 35.6 Å². The third kappa shape index (κ3) is 8.61. The van der Waals surface area contributed by atoms with Crippen molar-refractivity contribution in [2.75, 3.05) is 0 Å². The van der Waals surface area contributed by atoms with E-state index in [0.29, 0.717) is 5.56 Å². The van der Waals surface area contributed by atoms with Crippen LogP contribution in [-0.4, -0.2) is 0 Å². The van der Waals surface area contributed by atoms with Gasteiger partial charge < -0.3 is 12.4 Å². The molecule has 0 unspecified atom stereocenters. The second kappa shape index (κ2) is 14.1. The zero-order valence-electron chi connectivity index (χ0n) is 6.72. The van der Waals surface area contributed by atoms with Gasteiger partial charge in [-0.15, -0.1) is 0 Å². The van der Waals surface area contributed by atoms with Gasteiger partial charge in [0.15, 0.2) is 0 Å². The van der Waals surface area contributed by atoms with Crippen LogP contribution in [0.3, 0.4) is 0 Å². The molecule has 0 radical (unpaired) electrons. The molecular weight excluding hydrogens is 241 g/mol. The van der Waals surface area contributed by atoms with E-state index in [9.17, 15) is 0 Å². The van der Waals surface area contributed by atoms with Crippen molar-refractivity contribution in [2.45, 2.75) is 0 Å². The topological polar surface area (TPSA) is 23.8 Å². The first-order chi connectivity index (χ1) is 4.93. The van der Waals surface area contributed by atoms with Crippen molar-refractivity contribution >= 4 is 9.69 Å². The van der Waals surface area contributed by atoms with Crippen LogP contribution in [0, 0.1) is 17.4 Å². The minimum absolute atomic E-state index is 0. The minimum atomic E-state index is 0. The van der Waals surface area contributed by atoms with Crippen molar-refractivity contribution in [3.63, 3.8) is 0 Å². The summed E-state index contributed by atoms with van der Waals surface area (Å²) < 4.78 is 0. The summed E-state index contributed by atoms with van der Waals surface area (Å²) in [6.45, 7) is 0. The molecule has 1 nitrogen and oxygen atoms in total. The molecule has 0 aliphatic heterocycles. The maximum Gasteiger partial charge on any atom is 1.00 e. The number of halogens is 2. The molecule has 1 aromatic rings. The summed E-state index contributed by atoms with van der Waals surface area (Å²) in [7, 11) is 4.76. The number of rotatable bonds is 0. The SMILES string of the molecule is N#Cc1cc[c-]cc1.[Cl-].[Cl][Zn+].[Li+]. The van der Waals surface area contributed by atoms with Crippen LogP contribution in [0.2, 0.25) is 0 Å². The van der Waals surface area contributed by atoms with Gasteiger partial charge in [0, 0.05) is 0 Å². The smallest absolute Gasteiger partial charge is 1.00 e. The molecule has 0 bridgehead atoms. The van der Waals surface area contributed by atoms with E-state index in [1.54, 1.807) is 24.3 Å². The summed E-state index contributed by atoms with van der Waals surface area (Å²) in [6, 6.07) is 11.7. The first-order valence-corrected chi connectivity index (χ1v) is 6.46. The van der Waals surface area contributed by atoms with E-state index in [1.165, 1.54) is 0 Å². The molecule has 0 atom stereocenters. The Morgan fingerprint density at radius 2 is 1.75 bits per heavy atom. The Bertz CT molecular complexity index is 212. The third-order valence-electron chi connectivity index (χ3n) is 0.847. The number of hydrogen-bond donors (Lipinski definition) is 0. The summed E-state index contributed by atoms with van der Waals surface area (Å²) >= 11 is 0.847. The minimum Gasteiger partial charge on any atom is 1.00 e. The maximum atomic E-state index is 8.27. The fourth-order valence-electron chi connectivity index (χ4n) is 0.461. The summed E-state index contributed by atoms with van der Waals surface area (Å²) in [6.07, 6.45) is 0. The molecule has 54 valence electrons. The molecule has 0 aliphatic rings. The molecule has 0 fully saturated rings. The number of benzene rings is 1. The summed E-state index contributed by atoms with van der Waals surface area (Å²) in [5.74, 6) is 0. The van der Waals surface area contributed by atoms with Crippen LogP contribution in [0.5, 0.6) is 0 Å². The predicted molar refractivity (Wildman–Crippen MR) is 35.8 cm³/mol. The Morgan fingerprint density at radius 1 is 1.33 bits per heavy atom.